The zero-order chi connectivity index (χ0) is 23.7. The summed E-state index contributed by atoms with van der Waals surface area (Å²) in [5.41, 5.74) is 5.50. The van der Waals surface area contributed by atoms with Crippen LogP contribution in [0.15, 0.2) is 53.3 Å². The summed E-state index contributed by atoms with van der Waals surface area (Å²) in [5, 5.41) is 6.89. The van der Waals surface area contributed by atoms with Gasteiger partial charge in [0, 0.05) is 61.0 Å². The average molecular weight is 505 g/mol. The van der Waals surface area contributed by atoms with Gasteiger partial charge in [-0.25, -0.2) is 4.98 Å². The van der Waals surface area contributed by atoms with Gasteiger partial charge in [-0.15, -0.1) is 0 Å². The quantitative estimate of drug-likeness (QED) is 0.288. The van der Waals surface area contributed by atoms with Crippen LogP contribution in [0.5, 0.6) is 0 Å². The fourth-order valence-corrected chi connectivity index (χ4v) is 6.42. The van der Waals surface area contributed by atoms with Crippen LogP contribution in [0.1, 0.15) is 49.3 Å². The van der Waals surface area contributed by atoms with Gasteiger partial charge >= 0.3 is 0 Å². The zero-order valence-electron chi connectivity index (χ0n) is 19.6. The van der Waals surface area contributed by atoms with Crippen LogP contribution in [-0.4, -0.2) is 27.8 Å². The number of rotatable bonds is 4. The first-order chi connectivity index (χ1) is 17.0. The lowest BCUT2D eigenvalue weighted by Crippen LogP contribution is -2.42. The molecular formula is C28H26Cl2N4O. The molecule has 2 aliphatic carbocycles. The third-order valence-corrected chi connectivity index (χ3v) is 8.68. The molecule has 0 unspecified atom stereocenters. The number of nitrogens with zero attached hydrogens (tertiary/aromatic N) is 4. The molecule has 7 rings (SSSR count). The van der Waals surface area contributed by atoms with Gasteiger partial charge in [-0.2, -0.15) is 0 Å². The number of hydrogen-bond acceptors (Lipinski definition) is 4. The van der Waals surface area contributed by atoms with Crippen molar-refractivity contribution in [2.24, 2.45) is 12.5 Å². The van der Waals surface area contributed by atoms with Gasteiger partial charge in [0.25, 0.3) is 0 Å². The van der Waals surface area contributed by atoms with Gasteiger partial charge in [0.05, 0.1) is 15.6 Å². The van der Waals surface area contributed by atoms with Crippen LogP contribution in [0.4, 0.5) is 5.82 Å². The molecule has 178 valence electrons. The molecule has 0 radical (unpaired) electrons. The summed E-state index contributed by atoms with van der Waals surface area (Å²) >= 11 is 13.1. The topological polar surface area (TPSA) is 47.1 Å². The number of hydrogen-bond donors (Lipinski definition) is 0. The van der Waals surface area contributed by atoms with Gasteiger partial charge in [0.15, 0.2) is 0 Å². The Hall–Kier alpha value is -2.76. The van der Waals surface area contributed by atoms with Gasteiger partial charge < -0.3 is 14.0 Å². The highest BCUT2D eigenvalue weighted by Crippen LogP contribution is 2.56. The molecule has 2 fully saturated rings. The summed E-state index contributed by atoms with van der Waals surface area (Å²) in [6, 6.07) is 9.93. The van der Waals surface area contributed by atoms with Crippen molar-refractivity contribution in [1.29, 1.82) is 0 Å². The van der Waals surface area contributed by atoms with Gasteiger partial charge in [0.1, 0.15) is 17.3 Å². The lowest BCUT2D eigenvalue weighted by Gasteiger charge is -2.46. The number of allylic oxidation sites excluding steroid dienone is 2. The largest absolute Gasteiger partial charge is 0.360 e. The number of aryl methyl sites for hydroxylation is 1. The van der Waals surface area contributed by atoms with E-state index in [9.17, 15) is 0 Å². The first-order valence-electron chi connectivity index (χ1n) is 12.3. The van der Waals surface area contributed by atoms with E-state index in [4.69, 9.17) is 32.7 Å². The van der Waals surface area contributed by atoms with E-state index in [0.29, 0.717) is 16.0 Å². The minimum absolute atomic E-state index is 0.237. The number of aromatic nitrogens is 3. The summed E-state index contributed by atoms with van der Waals surface area (Å²) in [4.78, 5) is 7.17. The van der Waals surface area contributed by atoms with E-state index >= 15 is 0 Å². The van der Waals surface area contributed by atoms with E-state index in [0.717, 1.165) is 73.6 Å². The molecule has 0 N–H and O–H groups in total. The van der Waals surface area contributed by atoms with Crippen molar-refractivity contribution in [1.82, 2.24) is 14.7 Å². The summed E-state index contributed by atoms with van der Waals surface area (Å²) in [6.45, 7) is 2.02. The highest BCUT2D eigenvalue weighted by atomic mass is 35.5. The Balaban J connectivity index is 1.16. The zero-order valence-corrected chi connectivity index (χ0v) is 21.1. The number of fused-ring (bicyclic) bond motifs is 1. The van der Waals surface area contributed by atoms with Crippen LogP contribution >= 0.6 is 23.2 Å². The second kappa shape index (κ2) is 7.87. The third kappa shape index (κ3) is 3.51. The van der Waals surface area contributed by atoms with E-state index in [1.54, 1.807) is 0 Å². The number of pyridine rings is 1. The van der Waals surface area contributed by atoms with Crippen molar-refractivity contribution in [2.45, 2.75) is 38.0 Å². The molecule has 4 aromatic rings. The molecule has 1 aromatic carbocycles. The maximum absolute atomic E-state index is 6.56. The van der Waals surface area contributed by atoms with Crippen molar-refractivity contribution < 1.29 is 4.52 Å². The van der Waals surface area contributed by atoms with Crippen LogP contribution in [-0.2, 0) is 7.05 Å². The molecule has 4 heterocycles. The van der Waals surface area contributed by atoms with Crippen molar-refractivity contribution in [3.05, 3.63) is 70.2 Å². The fraction of sp³-hybridized carbons (Fsp3) is 0.357. The third-order valence-electron chi connectivity index (χ3n) is 8.05. The number of benzene rings is 1. The van der Waals surface area contributed by atoms with Crippen LogP contribution < -0.4 is 4.90 Å². The summed E-state index contributed by atoms with van der Waals surface area (Å²) < 4.78 is 8.06. The van der Waals surface area contributed by atoms with Gasteiger partial charge in [-0.1, -0.05) is 40.5 Å². The molecule has 5 nitrogen and oxygen atoms in total. The highest BCUT2D eigenvalue weighted by molar-refractivity contribution is 6.39. The van der Waals surface area contributed by atoms with Crippen LogP contribution in [0.25, 0.3) is 27.7 Å². The molecule has 3 aliphatic rings. The van der Waals surface area contributed by atoms with Crippen molar-refractivity contribution in [2.75, 3.05) is 18.0 Å². The van der Waals surface area contributed by atoms with E-state index in [-0.39, 0.29) is 5.41 Å². The maximum Gasteiger partial charge on any atom is 0.147 e. The summed E-state index contributed by atoms with van der Waals surface area (Å²) in [7, 11) is 2.09. The number of halogens is 2. The molecule has 0 atom stereocenters. The minimum atomic E-state index is 0.237. The predicted molar refractivity (Wildman–Crippen MR) is 141 cm³/mol. The molecule has 1 aliphatic heterocycles. The molecule has 1 saturated heterocycles. The first-order valence-corrected chi connectivity index (χ1v) is 13.1. The Labute approximate surface area is 214 Å². The molecule has 35 heavy (non-hydrogen) atoms. The Morgan fingerprint density at radius 3 is 2.51 bits per heavy atom. The Bertz CT molecular complexity index is 1470. The average Bonchev–Trinajstić information content (AvgIpc) is 3.50. The fourth-order valence-electron chi connectivity index (χ4n) is 5.84. The van der Waals surface area contributed by atoms with E-state index in [2.05, 4.69) is 46.1 Å². The van der Waals surface area contributed by atoms with E-state index in [1.165, 1.54) is 16.5 Å². The summed E-state index contributed by atoms with van der Waals surface area (Å²) in [6.07, 6.45) is 12.2. The lowest BCUT2D eigenvalue weighted by atomic mass is 9.63. The Morgan fingerprint density at radius 1 is 1.06 bits per heavy atom. The first kappa shape index (κ1) is 21.5. The normalized spacial score (nSPS) is 19.3. The second-order valence-electron chi connectivity index (χ2n) is 10.4. The summed E-state index contributed by atoms with van der Waals surface area (Å²) in [5.74, 6) is 2.54. The van der Waals surface area contributed by atoms with Crippen molar-refractivity contribution in [3.63, 3.8) is 0 Å². The molecule has 3 aromatic heterocycles. The molecule has 0 bridgehead atoms. The highest BCUT2D eigenvalue weighted by Gasteiger charge is 2.44. The van der Waals surface area contributed by atoms with Gasteiger partial charge in [0.2, 0.25) is 0 Å². The van der Waals surface area contributed by atoms with Crippen LogP contribution in [0.2, 0.25) is 10.0 Å². The Morgan fingerprint density at radius 2 is 1.80 bits per heavy atom. The molecule has 7 heteroatoms. The SMILES string of the molecule is Cn1ccc2cnc(N3CCC4(C=C(c5c(-c6c(Cl)cccc6Cl)noc5C5CC5)C4)CC3)cc21. The van der Waals surface area contributed by atoms with Crippen molar-refractivity contribution >= 4 is 45.5 Å². The molecule has 1 saturated carbocycles. The van der Waals surface area contributed by atoms with Gasteiger partial charge in [-0.3, -0.25) is 0 Å². The number of piperidine rings is 1. The van der Waals surface area contributed by atoms with Gasteiger partial charge in [-0.05, 0) is 61.3 Å². The minimum Gasteiger partial charge on any atom is -0.360 e. The maximum atomic E-state index is 6.56. The lowest BCUT2D eigenvalue weighted by molar-refractivity contribution is 0.277. The predicted octanol–water partition coefficient (Wildman–Crippen LogP) is 7.49. The standard InChI is InChI=1S/C28H26Cl2N4O/c1-33-10-7-18-16-31-23(13-22(18)33)34-11-8-28(9-12-34)14-19(15-28)24-26(32-35-27(24)17-5-6-17)25-20(29)3-2-4-21(25)30/h2-4,7,10,13-14,16-17H,5-6,8-9,11-12,15H2,1H3. The molecule has 1 spiro atoms. The van der Waals surface area contributed by atoms with Crippen LogP contribution in [0, 0.1) is 5.41 Å². The second-order valence-corrected chi connectivity index (χ2v) is 11.2. The Kier molecular flexibility index (Phi) is 4.84. The monoisotopic (exact) mass is 504 g/mol. The number of anilines is 1. The van der Waals surface area contributed by atoms with E-state index in [1.807, 2.05) is 24.4 Å². The molecule has 0 amide bonds. The molecular weight excluding hydrogens is 479 g/mol. The smallest absolute Gasteiger partial charge is 0.147 e. The van der Waals surface area contributed by atoms with Crippen molar-refractivity contribution in [3.8, 4) is 11.3 Å². The van der Waals surface area contributed by atoms with E-state index < -0.39 is 0 Å². The van der Waals surface area contributed by atoms with Crippen LogP contribution in [0.3, 0.4) is 0 Å².